The molecule has 6 atom stereocenters. The summed E-state index contributed by atoms with van der Waals surface area (Å²) in [6.07, 6.45) is 13.2. The Kier molecular flexibility index (Phi) is 4.43. The van der Waals surface area contributed by atoms with E-state index in [9.17, 15) is 9.90 Å². The molecule has 5 rings (SSSR count). The highest BCUT2D eigenvalue weighted by Crippen LogP contribution is 2.64. The van der Waals surface area contributed by atoms with Crippen molar-refractivity contribution >= 4 is 11.9 Å². The first-order chi connectivity index (χ1) is 13.9. The highest BCUT2D eigenvalue weighted by atomic mass is 16.3. The van der Waals surface area contributed by atoms with Crippen LogP contribution in [0.15, 0.2) is 29.5 Å². The summed E-state index contributed by atoms with van der Waals surface area (Å²) < 4.78 is 1.97. The highest BCUT2D eigenvalue weighted by Gasteiger charge is 2.59. The minimum Gasteiger partial charge on any atom is -0.393 e. The summed E-state index contributed by atoms with van der Waals surface area (Å²) in [5.41, 5.74) is 3.56. The average Bonchev–Trinajstić information content (AvgIpc) is 3.25. The van der Waals surface area contributed by atoms with Gasteiger partial charge in [0.2, 0.25) is 0 Å². The first-order valence-electron chi connectivity index (χ1n) is 11.5. The molecule has 0 amide bonds. The summed E-state index contributed by atoms with van der Waals surface area (Å²) in [5, 5.41) is 14.6. The molecule has 0 aromatic carbocycles. The number of aryl methyl sites for hydroxylation is 1. The van der Waals surface area contributed by atoms with Crippen LogP contribution in [-0.2, 0) is 11.3 Å². The zero-order valence-electron chi connectivity index (χ0n) is 18.0. The number of aromatic nitrogens is 2. The van der Waals surface area contributed by atoms with Gasteiger partial charge < -0.3 is 5.11 Å². The average molecular weight is 395 g/mol. The lowest BCUT2D eigenvalue weighted by Gasteiger charge is -2.56. The third kappa shape index (κ3) is 2.74. The topological polar surface area (TPSA) is 55.1 Å². The Bertz CT molecular complexity index is 896. The Hall–Kier alpha value is -1.68. The maximum absolute atomic E-state index is 13.5. The fourth-order valence-electron chi connectivity index (χ4n) is 7.35. The van der Waals surface area contributed by atoms with Gasteiger partial charge in [-0.2, -0.15) is 5.10 Å². The van der Waals surface area contributed by atoms with E-state index in [1.807, 2.05) is 16.9 Å². The maximum atomic E-state index is 13.5. The van der Waals surface area contributed by atoms with Crippen molar-refractivity contribution in [1.82, 2.24) is 9.78 Å². The van der Waals surface area contributed by atoms with Gasteiger partial charge in [0.25, 0.3) is 0 Å². The molecule has 0 saturated heterocycles. The third-order valence-electron chi connectivity index (χ3n) is 9.09. The van der Waals surface area contributed by atoms with Crippen LogP contribution in [0.5, 0.6) is 0 Å². The second-order valence-electron chi connectivity index (χ2n) is 10.4. The SMILES string of the molecule is CCn1nccc1/C=C1\C[C@@H]2[C@H]3CC=C4C[C@H](O)CC[C@]4(C)[C@@H]3CC[C@@]2(C)C1=O. The lowest BCUT2D eigenvalue weighted by atomic mass is 9.48. The molecule has 1 aromatic rings. The fraction of sp³-hybridized carbons (Fsp3) is 0.680. The van der Waals surface area contributed by atoms with Gasteiger partial charge in [0.1, 0.15) is 0 Å². The molecule has 4 heteroatoms. The molecule has 29 heavy (non-hydrogen) atoms. The molecule has 4 aliphatic rings. The van der Waals surface area contributed by atoms with Crippen LogP contribution in [0.2, 0.25) is 0 Å². The Morgan fingerprint density at radius 2 is 2.00 bits per heavy atom. The Morgan fingerprint density at radius 1 is 1.21 bits per heavy atom. The predicted molar refractivity (Wildman–Crippen MR) is 114 cm³/mol. The van der Waals surface area contributed by atoms with E-state index in [0.717, 1.165) is 62.8 Å². The molecule has 1 aromatic heterocycles. The van der Waals surface area contributed by atoms with Gasteiger partial charge in [0.05, 0.1) is 11.8 Å². The number of aliphatic hydroxyl groups is 1. The zero-order valence-corrected chi connectivity index (χ0v) is 18.0. The van der Waals surface area contributed by atoms with Crippen LogP contribution < -0.4 is 0 Å². The molecular weight excluding hydrogens is 360 g/mol. The Balaban J connectivity index is 1.48. The third-order valence-corrected chi connectivity index (χ3v) is 9.09. The van der Waals surface area contributed by atoms with Crippen molar-refractivity contribution in [2.75, 3.05) is 0 Å². The van der Waals surface area contributed by atoms with Crippen molar-refractivity contribution < 1.29 is 9.90 Å². The molecule has 0 radical (unpaired) electrons. The van der Waals surface area contributed by atoms with E-state index in [2.05, 4.69) is 38.0 Å². The molecule has 156 valence electrons. The standard InChI is InChI=1S/C25H34N2O2/c1-4-27-18(9-12-26-27)13-16-14-22-20-6-5-17-15-19(28)7-10-24(17,2)21(20)8-11-25(22,3)23(16)29/h5,9,12-13,19-22,28H,4,6-8,10-11,14-15H2,1-3H3/b16-13+/t19-,20+,21-,22-,24+,25-/m1/s1. The van der Waals surface area contributed by atoms with Crippen LogP contribution in [0.25, 0.3) is 6.08 Å². The molecule has 0 spiro atoms. The fourth-order valence-corrected chi connectivity index (χ4v) is 7.35. The van der Waals surface area contributed by atoms with Gasteiger partial charge in [-0.25, -0.2) is 0 Å². The molecule has 1 heterocycles. The number of ketones is 1. The van der Waals surface area contributed by atoms with Gasteiger partial charge in [-0.1, -0.05) is 25.5 Å². The molecular formula is C25H34N2O2. The van der Waals surface area contributed by atoms with Gasteiger partial charge >= 0.3 is 0 Å². The first-order valence-corrected chi connectivity index (χ1v) is 11.5. The van der Waals surface area contributed by atoms with Crippen LogP contribution in [-0.4, -0.2) is 26.8 Å². The number of fused-ring (bicyclic) bond motifs is 5. The number of rotatable bonds is 2. The van der Waals surface area contributed by atoms with E-state index in [4.69, 9.17) is 0 Å². The van der Waals surface area contributed by atoms with Crippen LogP contribution in [0.3, 0.4) is 0 Å². The van der Waals surface area contributed by atoms with E-state index in [0.29, 0.717) is 23.5 Å². The number of aliphatic hydroxyl groups excluding tert-OH is 1. The molecule has 4 nitrogen and oxygen atoms in total. The minimum atomic E-state index is -0.208. The van der Waals surface area contributed by atoms with E-state index in [1.165, 1.54) is 5.57 Å². The molecule has 3 saturated carbocycles. The molecule has 1 N–H and O–H groups in total. The normalized spacial score (nSPS) is 43.0. The quantitative estimate of drug-likeness (QED) is 0.580. The predicted octanol–water partition coefficient (Wildman–Crippen LogP) is 4.79. The van der Waals surface area contributed by atoms with Crippen molar-refractivity contribution in [3.05, 3.63) is 35.2 Å². The Labute approximate surface area is 174 Å². The number of carbonyl (C=O) groups is 1. The number of allylic oxidation sites excluding steroid dienone is 2. The van der Waals surface area contributed by atoms with Crippen molar-refractivity contribution in [1.29, 1.82) is 0 Å². The van der Waals surface area contributed by atoms with Crippen LogP contribution in [0, 0.1) is 28.6 Å². The van der Waals surface area contributed by atoms with Gasteiger partial charge in [0, 0.05) is 18.2 Å². The van der Waals surface area contributed by atoms with Crippen molar-refractivity contribution in [3.63, 3.8) is 0 Å². The summed E-state index contributed by atoms with van der Waals surface area (Å²) in [7, 11) is 0. The molecule has 0 unspecified atom stereocenters. The van der Waals surface area contributed by atoms with E-state index in [-0.39, 0.29) is 16.9 Å². The lowest BCUT2D eigenvalue weighted by molar-refractivity contribution is -0.130. The van der Waals surface area contributed by atoms with Crippen LogP contribution in [0.1, 0.15) is 71.4 Å². The maximum Gasteiger partial charge on any atom is 0.165 e. The largest absolute Gasteiger partial charge is 0.393 e. The summed E-state index contributed by atoms with van der Waals surface area (Å²) in [6.45, 7) is 7.59. The summed E-state index contributed by atoms with van der Waals surface area (Å²) >= 11 is 0. The van der Waals surface area contributed by atoms with Gasteiger partial charge in [0.15, 0.2) is 5.78 Å². The summed E-state index contributed by atoms with van der Waals surface area (Å²) in [6, 6.07) is 2.01. The lowest BCUT2D eigenvalue weighted by Crippen LogP contribution is -2.50. The molecule has 3 fully saturated rings. The molecule has 0 bridgehead atoms. The number of carbonyl (C=O) groups excluding carboxylic acids is 1. The number of hydrogen-bond donors (Lipinski definition) is 1. The number of Topliss-reactive ketones (excluding diaryl/α,β-unsaturated/α-hetero) is 1. The highest BCUT2D eigenvalue weighted by molar-refractivity contribution is 6.05. The zero-order chi connectivity index (χ0) is 20.4. The van der Waals surface area contributed by atoms with Crippen molar-refractivity contribution in [2.45, 2.75) is 78.4 Å². The van der Waals surface area contributed by atoms with Gasteiger partial charge in [-0.3, -0.25) is 9.48 Å². The first kappa shape index (κ1) is 19.3. The monoisotopic (exact) mass is 394 g/mol. The van der Waals surface area contributed by atoms with Crippen molar-refractivity contribution in [2.24, 2.45) is 28.6 Å². The smallest absolute Gasteiger partial charge is 0.165 e. The van der Waals surface area contributed by atoms with Gasteiger partial charge in [-0.05, 0) is 92.8 Å². The summed E-state index contributed by atoms with van der Waals surface area (Å²) in [4.78, 5) is 13.5. The van der Waals surface area contributed by atoms with Crippen LogP contribution in [0.4, 0.5) is 0 Å². The summed E-state index contributed by atoms with van der Waals surface area (Å²) in [5.74, 6) is 2.06. The van der Waals surface area contributed by atoms with E-state index in [1.54, 1.807) is 0 Å². The number of hydrogen-bond acceptors (Lipinski definition) is 3. The van der Waals surface area contributed by atoms with Crippen molar-refractivity contribution in [3.8, 4) is 0 Å². The van der Waals surface area contributed by atoms with E-state index < -0.39 is 0 Å². The number of nitrogens with zero attached hydrogens (tertiary/aromatic N) is 2. The van der Waals surface area contributed by atoms with Crippen LogP contribution >= 0.6 is 0 Å². The molecule has 4 aliphatic carbocycles. The minimum absolute atomic E-state index is 0.161. The second kappa shape index (κ2) is 6.66. The van der Waals surface area contributed by atoms with Gasteiger partial charge in [-0.15, -0.1) is 0 Å². The molecule has 0 aliphatic heterocycles. The second-order valence-corrected chi connectivity index (χ2v) is 10.4. The Morgan fingerprint density at radius 3 is 2.79 bits per heavy atom. The van der Waals surface area contributed by atoms with E-state index >= 15 is 0 Å².